The van der Waals surface area contributed by atoms with Crippen molar-refractivity contribution in [1.82, 2.24) is 20.1 Å². The highest BCUT2D eigenvalue weighted by molar-refractivity contribution is 5.82. The molecule has 132 valence electrons. The third-order valence-electron chi connectivity index (χ3n) is 5.22. The first kappa shape index (κ1) is 16.3. The molecule has 0 aliphatic carbocycles. The first-order chi connectivity index (χ1) is 12.1. The number of hydrogen-bond donors (Lipinski definition) is 1. The maximum atomic E-state index is 12.1. The summed E-state index contributed by atoms with van der Waals surface area (Å²) in [6.45, 7) is 9.09. The van der Waals surface area contributed by atoms with Crippen LogP contribution < -0.4 is 5.32 Å². The summed E-state index contributed by atoms with van der Waals surface area (Å²) in [7, 11) is 0. The summed E-state index contributed by atoms with van der Waals surface area (Å²) in [5, 5.41) is 2.97. The minimum atomic E-state index is -0.0365. The molecule has 25 heavy (non-hydrogen) atoms. The average molecular weight is 340 g/mol. The Labute approximate surface area is 147 Å². The monoisotopic (exact) mass is 340 g/mol. The number of fused-ring (bicyclic) bond motifs is 1. The summed E-state index contributed by atoms with van der Waals surface area (Å²) >= 11 is 0. The number of hydrogen-bond acceptors (Lipinski definition) is 5. The molecular formula is C19H24N4O2. The van der Waals surface area contributed by atoms with E-state index in [1.54, 1.807) is 0 Å². The number of piperazine rings is 2. The molecule has 0 bridgehead atoms. The lowest BCUT2D eigenvalue weighted by atomic mass is 10.1. The van der Waals surface area contributed by atoms with Crippen LogP contribution in [0.4, 0.5) is 0 Å². The number of nitrogens with one attached hydrogen (secondary N) is 1. The lowest BCUT2D eigenvalue weighted by molar-refractivity contribution is -0.132. The third kappa shape index (κ3) is 3.19. The Morgan fingerprint density at radius 1 is 1.24 bits per heavy atom. The summed E-state index contributed by atoms with van der Waals surface area (Å²) < 4.78 is 5.92. The van der Waals surface area contributed by atoms with Gasteiger partial charge in [-0.15, -0.1) is 0 Å². The van der Waals surface area contributed by atoms with Crippen molar-refractivity contribution in [3.63, 3.8) is 0 Å². The molecule has 1 aromatic heterocycles. The molecule has 4 rings (SSSR count). The first-order valence-corrected chi connectivity index (χ1v) is 8.88. The maximum absolute atomic E-state index is 12.1. The minimum Gasteiger partial charge on any atom is -0.441 e. The Morgan fingerprint density at radius 2 is 2.08 bits per heavy atom. The van der Waals surface area contributed by atoms with E-state index in [1.807, 2.05) is 25.1 Å². The van der Waals surface area contributed by atoms with Gasteiger partial charge in [0.1, 0.15) is 11.8 Å². The molecule has 6 heteroatoms. The summed E-state index contributed by atoms with van der Waals surface area (Å²) in [5.41, 5.74) is 3.15. The molecule has 0 spiro atoms. The van der Waals surface area contributed by atoms with E-state index >= 15 is 0 Å². The molecule has 0 radical (unpaired) electrons. The Hall–Kier alpha value is -2.18. The van der Waals surface area contributed by atoms with Crippen LogP contribution in [0.15, 0.2) is 28.7 Å². The van der Waals surface area contributed by atoms with E-state index in [0.717, 1.165) is 61.8 Å². The topological polar surface area (TPSA) is 61.6 Å². The van der Waals surface area contributed by atoms with Gasteiger partial charge in [-0.05, 0) is 25.5 Å². The van der Waals surface area contributed by atoms with Crippen LogP contribution in [0, 0.1) is 13.8 Å². The molecule has 0 unspecified atom stereocenters. The molecule has 2 fully saturated rings. The van der Waals surface area contributed by atoms with E-state index < -0.39 is 0 Å². The van der Waals surface area contributed by atoms with Crippen molar-refractivity contribution in [1.29, 1.82) is 0 Å². The SMILES string of the molecule is Cc1ccccc1-c1nc(CN2CCN3CCNC(=O)[C@H]3C2)c(C)o1. The van der Waals surface area contributed by atoms with Crippen molar-refractivity contribution in [3.05, 3.63) is 41.3 Å². The van der Waals surface area contributed by atoms with E-state index in [0.29, 0.717) is 5.89 Å². The first-order valence-electron chi connectivity index (χ1n) is 8.88. The molecule has 1 aromatic carbocycles. The molecule has 2 aromatic rings. The van der Waals surface area contributed by atoms with Gasteiger partial charge in [-0.2, -0.15) is 0 Å². The van der Waals surface area contributed by atoms with Gasteiger partial charge in [0.15, 0.2) is 0 Å². The van der Waals surface area contributed by atoms with Crippen LogP contribution in [0.5, 0.6) is 0 Å². The number of oxazole rings is 1. The fraction of sp³-hybridized carbons (Fsp3) is 0.474. The standard InChI is InChI=1S/C19H24N4O2/c1-13-5-3-4-6-15(13)19-21-16(14(2)25-19)11-22-9-10-23-8-7-20-18(24)17(23)12-22/h3-6,17H,7-12H2,1-2H3,(H,20,24)/t17-/m1/s1. The van der Waals surface area contributed by atoms with Gasteiger partial charge < -0.3 is 9.73 Å². The zero-order valence-electron chi connectivity index (χ0n) is 14.8. The molecule has 2 aliphatic heterocycles. The number of nitrogens with zero attached hydrogens (tertiary/aromatic N) is 3. The van der Waals surface area contributed by atoms with E-state index in [9.17, 15) is 4.79 Å². The van der Waals surface area contributed by atoms with Crippen LogP contribution >= 0.6 is 0 Å². The van der Waals surface area contributed by atoms with E-state index in [4.69, 9.17) is 9.40 Å². The normalized spacial score (nSPS) is 21.8. The Bertz CT molecular complexity index is 785. The van der Waals surface area contributed by atoms with Crippen LogP contribution in [-0.4, -0.2) is 59.5 Å². The zero-order valence-corrected chi connectivity index (χ0v) is 14.8. The molecular weight excluding hydrogens is 316 g/mol. The van der Waals surface area contributed by atoms with Crippen molar-refractivity contribution >= 4 is 5.91 Å². The lowest BCUT2D eigenvalue weighted by Crippen LogP contribution is -2.63. The Balaban J connectivity index is 1.50. The molecule has 1 N–H and O–H groups in total. The lowest BCUT2D eigenvalue weighted by Gasteiger charge is -2.42. The second-order valence-electron chi connectivity index (χ2n) is 6.91. The van der Waals surface area contributed by atoms with E-state index in [-0.39, 0.29) is 11.9 Å². The number of benzene rings is 1. The average Bonchev–Trinajstić information content (AvgIpc) is 2.96. The van der Waals surface area contributed by atoms with Crippen molar-refractivity contribution < 1.29 is 9.21 Å². The van der Waals surface area contributed by atoms with Crippen LogP contribution in [0.2, 0.25) is 0 Å². The second kappa shape index (κ2) is 6.61. The van der Waals surface area contributed by atoms with Crippen LogP contribution in [-0.2, 0) is 11.3 Å². The summed E-state index contributed by atoms with van der Waals surface area (Å²) in [4.78, 5) is 21.4. The predicted molar refractivity (Wildman–Crippen MR) is 95.1 cm³/mol. The van der Waals surface area contributed by atoms with E-state index in [1.165, 1.54) is 0 Å². The van der Waals surface area contributed by atoms with Crippen LogP contribution in [0.3, 0.4) is 0 Å². The smallest absolute Gasteiger partial charge is 0.238 e. The van der Waals surface area contributed by atoms with Crippen molar-refractivity contribution in [2.75, 3.05) is 32.7 Å². The Morgan fingerprint density at radius 3 is 2.92 bits per heavy atom. The van der Waals surface area contributed by atoms with Gasteiger partial charge in [0.2, 0.25) is 11.8 Å². The predicted octanol–water partition coefficient (Wildman–Crippen LogP) is 1.57. The molecule has 1 atom stereocenters. The zero-order chi connectivity index (χ0) is 17.4. The second-order valence-corrected chi connectivity index (χ2v) is 6.91. The fourth-order valence-electron chi connectivity index (χ4n) is 3.69. The molecule has 2 saturated heterocycles. The maximum Gasteiger partial charge on any atom is 0.238 e. The quantitative estimate of drug-likeness (QED) is 0.919. The van der Waals surface area contributed by atoms with Gasteiger partial charge >= 0.3 is 0 Å². The number of aryl methyl sites for hydroxylation is 2. The summed E-state index contributed by atoms with van der Waals surface area (Å²) in [6, 6.07) is 8.09. The van der Waals surface area contributed by atoms with Gasteiger partial charge in [-0.1, -0.05) is 18.2 Å². The molecule has 3 heterocycles. The third-order valence-corrected chi connectivity index (χ3v) is 5.22. The fourth-order valence-corrected chi connectivity index (χ4v) is 3.69. The molecule has 6 nitrogen and oxygen atoms in total. The molecule has 1 amide bonds. The number of carbonyl (C=O) groups is 1. The summed E-state index contributed by atoms with van der Waals surface area (Å²) in [6.07, 6.45) is 0. The van der Waals surface area contributed by atoms with Gasteiger partial charge in [-0.3, -0.25) is 14.6 Å². The van der Waals surface area contributed by atoms with Crippen LogP contribution in [0.25, 0.3) is 11.5 Å². The number of carbonyl (C=O) groups excluding carboxylic acids is 1. The Kier molecular flexibility index (Phi) is 4.31. The van der Waals surface area contributed by atoms with Crippen molar-refractivity contribution in [2.24, 2.45) is 0 Å². The highest BCUT2D eigenvalue weighted by Crippen LogP contribution is 2.26. The molecule has 0 saturated carbocycles. The van der Waals surface area contributed by atoms with Gasteiger partial charge in [0.05, 0.1) is 5.69 Å². The van der Waals surface area contributed by atoms with Crippen LogP contribution in [0.1, 0.15) is 17.0 Å². The number of rotatable bonds is 3. The summed E-state index contributed by atoms with van der Waals surface area (Å²) in [5.74, 6) is 1.68. The minimum absolute atomic E-state index is 0.0365. The highest BCUT2D eigenvalue weighted by atomic mass is 16.4. The van der Waals surface area contributed by atoms with Crippen molar-refractivity contribution in [3.8, 4) is 11.5 Å². The number of aromatic nitrogens is 1. The molecule has 2 aliphatic rings. The van der Waals surface area contributed by atoms with Gasteiger partial charge in [0, 0.05) is 44.8 Å². The highest BCUT2D eigenvalue weighted by Gasteiger charge is 2.35. The van der Waals surface area contributed by atoms with E-state index in [2.05, 4.69) is 28.1 Å². The van der Waals surface area contributed by atoms with Gasteiger partial charge in [-0.25, -0.2) is 4.98 Å². The van der Waals surface area contributed by atoms with Gasteiger partial charge in [0.25, 0.3) is 0 Å². The largest absolute Gasteiger partial charge is 0.441 e. The van der Waals surface area contributed by atoms with Crippen molar-refractivity contribution in [2.45, 2.75) is 26.4 Å². The number of amides is 1.